The van der Waals surface area contributed by atoms with Crippen molar-refractivity contribution in [3.8, 4) is 0 Å². The summed E-state index contributed by atoms with van der Waals surface area (Å²) in [6.07, 6.45) is 12.5. The highest BCUT2D eigenvalue weighted by Gasteiger charge is 2.34. The number of aromatic nitrogens is 1. The average Bonchev–Trinajstić information content (AvgIpc) is 4.15. The number of rotatable bonds is 22. The highest BCUT2D eigenvalue weighted by Crippen LogP contribution is 2.35. The van der Waals surface area contributed by atoms with Gasteiger partial charge < -0.3 is 32.9 Å². The average molecular weight is 985 g/mol. The van der Waals surface area contributed by atoms with Crippen LogP contribution in [0.3, 0.4) is 0 Å². The first-order valence-electron chi connectivity index (χ1n) is 25.8. The summed E-state index contributed by atoms with van der Waals surface area (Å²) in [5, 5.41) is 14.6. The second-order valence-electron chi connectivity index (χ2n) is 20.2. The molecule has 1 heterocycles. The van der Waals surface area contributed by atoms with Crippen LogP contribution in [0.25, 0.3) is 0 Å². The lowest BCUT2D eigenvalue weighted by atomic mass is 9.95. The molecule has 3 aliphatic rings. The number of carboxylic acid groups (broad SMARTS) is 1. The number of carboxylic acids is 1. The van der Waals surface area contributed by atoms with E-state index in [1.807, 2.05) is 67.6 Å². The van der Waals surface area contributed by atoms with Crippen LogP contribution < -0.4 is 27.8 Å². The summed E-state index contributed by atoms with van der Waals surface area (Å²) < 4.78 is 0. The number of pyridine rings is 1. The minimum atomic E-state index is -0.708. The first-order chi connectivity index (χ1) is 34.5. The van der Waals surface area contributed by atoms with E-state index in [0.29, 0.717) is 30.0 Å². The van der Waals surface area contributed by atoms with E-state index in [0.717, 1.165) is 88.3 Å². The number of hydrogen-bond acceptors (Lipinski definition) is 9. The molecule has 4 aromatic rings. The van der Waals surface area contributed by atoms with Gasteiger partial charge >= 0.3 is 5.97 Å². The number of benzene rings is 3. The summed E-state index contributed by atoms with van der Waals surface area (Å²) >= 11 is 0. The minimum Gasteiger partial charge on any atom is -0.481 e. The predicted octanol–water partition coefficient (Wildman–Crippen LogP) is 7.60. The Morgan fingerprint density at radius 2 is 0.972 bits per heavy atom. The molecular formula is C58H76N6O8. The van der Waals surface area contributed by atoms with Gasteiger partial charge in [0.2, 0.25) is 23.6 Å². The lowest BCUT2D eigenvalue weighted by Crippen LogP contribution is -2.44. The Kier molecular flexibility index (Phi) is 22.6. The molecule has 14 nitrogen and oxygen atoms in total. The van der Waals surface area contributed by atoms with Crippen molar-refractivity contribution in [2.75, 3.05) is 5.73 Å². The third-order valence-corrected chi connectivity index (χ3v) is 14.5. The molecule has 9 N–H and O–H groups in total. The van der Waals surface area contributed by atoms with Crippen LogP contribution in [0.4, 0.5) is 5.82 Å². The highest BCUT2D eigenvalue weighted by molar-refractivity contribution is 5.91. The van der Waals surface area contributed by atoms with E-state index in [1.165, 1.54) is 23.6 Å². The molecule has 7 rings (SSSR count). The fraction of sp³-hybridized carbons (Fsp3) is 0.483. The minimum absolute atomic E-state index is 0.0471. The van der Waals surface area contributed by atoms with Crippen molar-refractivity contribution in [2.45, 2.75) is 142 Å². The molecule has 0 bridgehead atoms. The van der Waals surface area contributed by atoms with E-state index in [-0.39, 0.29) is 73.2 Å². The number of aryl methyl sites for hydroxylation is 2. The Bertz CT molecular complexity index is 2400. The number of hydrogen-bond donors (Lipinski definition) is 6. The number of carbonyl (C=O) groups is 7. The van der Waals surface area contributed by atoms with Gasteiger partial charge in [0.15, 0.2) is 11.6 Å². The first kappa shape index (κ1) is 56.2. The molecule has 4 amide bonds. The van der Waals surface area contributed by atoms with Gasteiger partial charge in [-0.2, -0.15) is 0 Å². The van der Waals surface area contributed by atoms with Crippen LogP contribution in [0.15, 0.2) is 103 Å². The van der Waals surface area contributed by atoms with E-state index in [9.17, 15) is 33.6 Å². The molecule has 0 spiro atoms. The van der Waals surface area contributed by atoms with Crippen LogP contribution in [-0.4, -0.2) is 63.3 Å². The molecule has 0 aliphatic heterocycles. The zero-order valence-electron chi connectivity index (χ0n) is 42.1. The smallest absolute Gasteiger partial charge is 0.306 e. The number of nitrogen functional groups attached to an aromatic ring is 1. The van der Waals surface area contributed by atoms with Crippen LogP contribution in [0.2, 0.25) is 0 Å². The molecule has 0 unspecified atom stereocenters. The summed E-state index contributed by atoms with van der Waals surface area (Å²) in [4.78, 5) is 87.2. The maximum atomic E-state index is 13.0. The monoisotopic (exact) mass is 985 g/mol. The SMILES string of the molecule is CC(=O)[C@H](CCC(N)=O)NC(=O)[C@@H]1CC[C@@H](Cc2ccccc2)C1.Cc1nc(N)ccc1CCC(=O)[C@H](CCC(N)=O)NC(=O)[C@@H]1CC[C@@H](Cc2ccccc2)C1.O=C(O)[C@@H]1CC[C@@H](Cc2ccccc2)C1. The Balaban J connectivity index is 0.000000215. The Morgan fingerprint density at radius 3 is 1.36 bits per heavy atom. The van der Waals surface area contributed by atoms with Gasteiger partial charge in [0, 0.05) is 36.8 Å². The first-order valence-corrected chi connectivity index (χ1v) is 25.8. The van der Waals surface area contributed by atoms with Crippen molar-refractivity contribution in [1.29, 1.82) is 0 Å². The lowest BCUT2D eigenvalue weighted by Gasteiger charge is -2.20. The van der Waals surface area contributed by atoms with Crippen LogP contribution in [-0.2, 0) is 59.2 Å². The summed E-state index contributed by atoms with van der Waals surface area (Å²) in [6.45, 7) is 3.28. The van der Waals surface area contributed by atoms with Crippen LogP contribution in [0.1, 0.15) is 125 Å². The molecule has 3 aromatic carbocycles. The highest BCUT2D eigenvalue weighted by atomic mass is 16.4. The molecule has 3 saturated carbocycles. The molecule has 1 aromatic heterocycles. The summed E-state index contributed by atoms with van der Waals surface area (Å²) in [6, 6.07) is 33.2. The van der Waals surface area contributed by atoms with Gasteiger partial charge in [0.1, 0.15) is 5.82 Å². The molecule has 8 atom stereocenters. The van der Waals surface area contributed by atoms with Crippen molar-refractivity contribution in [2.24, 2.45) is 47.0 Å². The molecule has 3 aliphatic carbocycles. The van der Waals surface area contributed by atoms with E-state index in [1.54, 1.807) is 6.07 Å². The number of anilines is 1. The van der Waals surface area contributed by atoms with Crippen molar-refractivity contribution >= 4 is 47.0 Å². The van der Waals surface area contributed by atoms with Crippen LogP contribution >= 0.6 is 0 Å². The number of aliphatic carboxylic acids is 1. The van der Waals surface area contributed by atoms with Crippen molar-refractivity contribution in [3.05, 3.63) is 131 Å². The quantitative estimate of drug-likeness (QED) is 0.0450. The van der Waals surface area contributed by atoms with Crippen molar-refractivity contribution < 1.29 is 38.7 Å². The van der Waals surface area contributed by atoms with Gasteiger partial charge in [0.05, 0.1) is 18.0 Å². The number of Topliss-reactive ketones (excluding diaryl/α,β-unsaturated/α-hetero) is 2. The molecule has 14 heteroatoms. The summed E-state index contributed by atoms with van der Waals surface area (Å²) in [5.41, 5.74) is 21.8. The normalized spacial score (nSPS) is 20.9. The van der Waals surface area contributed by atoms with E-state index < -0.39 is 29.9 Å². The zero-order chi connectivity index (χ0) is 52.0. The maximum Gasteiger partial charge on any atom is 0.306 e. The number of nitrogens with one attached hydrogen (secondary N) is 2. The van der Waals surface area contributed by atoms with Gasteiger partial charge in [-0.25, -0.2) is 4.98 Å². The molecule has 0 radical (unpaired) electrons. The van der Waals surface area contributed by atoms with Gasteiger partial charge in [-0.05, 0) is 156 Å². The van der Waals surface area contributed by atoms with Crippen molar-refractivity contribution in [1.82, 2.24) is 15.6 Å². The third-order valence-electron chi connectivity index (χ3n) is 14.5. The molecule has 72 heavy (non-hydrogen) atoms. The lowest BCUT2D eigenvalue weighted by molar-refractivity contribution is -0.141. The maximum absolute atomic E-state index is 13.0. The fourth-order valence-electron chi connectivity index (χ4n) is 10.5. The zero-order valence-corrected chi connectivity index (χ0v) is 42.1. The Hall–Kier alpha value is -6.70. The molecule has 3 fully saturated rings. The van der Waals surface area contributed by atoms with E-state index in [2.05, 4.69) is 52.0 Å². The predicted molar refractivity (Wildman–Crippen MR) is 279 cm³/mol. The number of amides is 4. The second-order valence-corrected chi connectivity index (χ2v) is 20.2. The Morgan fingerprint density at radius 1 is 0.569 bits per heavy atom. The van der Waals surface area contributed by atoms with Gasteiger partial charge in [-0.3, -0.25) is 33.6 Å². The second kappa shape index (κ2) is 29.0. The van der Waals surface area contributed by atoms with Crippen LogP contribution in [0.5, 0.6) is 0 Å². The van der Waals surface area contributed by atoms with Gasteiger partial charge in [0.25, 0.3) is 0 Å². The largest absolute Gasteiger partial charge is 0.481 e. The Labute approximate surface area is 425 Å². The number of carbonyl (C=O) groups excluding carboxylic acids is 6. The molecule has 386 valence electrons. The standard InChI is InChI=1S/C26H34N4O3.C19H26N2O3.C13H16O2/c1-17-20(10-13-24(27)29-17)9-12-23(31)22(11-14-25(28)32)30-26(33)21-8-7-19(16-21)15-18-5-3-2-4-6-18;1-13(22)17(9-10-18(20)23)21-19(24)16-8-7-15(12-16)11-14-5-3-2-4-6-14;14-13(15)12-7-6-11(9-12)8-10-4-2-1-3-5-10/h2-6,10,13,19,21-22H,7-9,11-12,14-16H2,1H3,(H2,27,29)(H2,28,32)(H,30,33);2-6,15-17H,7-12H2,1H3,(H2,20,23)(H,21,24);1-5,11-12H,6-9H2,(H,14,15)/t19-,21+,22-;15-,16+,17-;11-,12+/m000/s1. The third kappa shape index (κ3) is 19.5. The number of nitrogens with zero attached hydrogens (tertiary/aromatic N) is 1. The number of ketones is 2. The van der Waals surface area contributed by atoms with Crippen LogP contribution in [0, 0.1) is 42.4 Å². The number of primary amides is 2. The van der Waals surface area contributed by atoms with Gasteiger partial charge in [-0.1, -0.05) is 97.1 Å². The van der Waals surface area contributed by atoms with Crippen molar-refractivity contribution in [3.63, 3.8) is 0 Å². The van der Waals surface area contributed by atoms with Gasteiger partial charge in [-0.15, -0.1) is 0 Å². The summed E-state index contributed by atoms with van der Waals surface area (Å²) in [5.74, 6) is -0.247. The van der Waals surface area contributed by atoms with E-state index in [4.69, 9.17) is 22.3 Å². The molecular weight excluding hydrogens is 909 g/mol. The number of nitrogens with two attached hydrogens (primary N) is 3. The topological polar surface area (TPSA) is 255 Å². The molecule has 0 saturated heterocycles. The van der Waals surface area contributed by atoms with E-state index >= 15 is 0 Å². The fourth-order valence-corrected chi connectivity index (χ4v) is 10.5. The summed E-state index contributed by atoms with van der Waals surface area (Å²) in [7, 11) is 0.